The van der Waals surface area contributed by atoms with Crippen LogP contribution in [-0.2, 0) is 36.1 Å². The van der Waals surface area contributed by atoms with Crippen LogP contribution in [0.25, 0.3) is 0 Å². The van der Waals surface area contributed by atoms with E-state index in [-0.39, 0.29) is 58.9 Å². The first-order chi connectivity index (χ1) is 7.70. The molecule has 1 aliphatic rings. The number of rotatable bonds is 0. The zero-order valence-corrected chi connectivity index (χ0v) is 17.1. The van der Waals surface area contributed by atoms with E-state index in [9.17, 15) is 0 Å². The molecule has 0 fully saturated rings. The molecule has 7 heteroatoms. The van der Waals surface area contributed by atoms with E-state index in [1.807, 2.05) is 12.2 Å². The zero-order chi connectivity index (χ0) is 14.3. The van der Waals surface area contributed by atoms with E-state index in [1.54, 1.807) is 0 Å². The maximum absolute atomic E-state index is 9.00. The van der Waals surface area contributed by atoms with Crippen molar-refractivity contribution in [3.8, 4) is 0 Å². The fraction of sp³-hybridized carbons (Fsp3) is 0.250. The first-order valence-corrected chi connectivity index (χ1v) is 4.50. The molecular formula is C16H32O6Ti-6. The van der Waals surface area contributed by atoms with Gasteiger partial charge in [-0.3, -0.25) is 20.5 Å². The van der Waals surface area contributed by atoms with Gasteiger partial charge in [0, 0.05) is 42.5 Å². The van der Waals surface area contributed by atoms with Crippen molar-refractivity contribution < 1.29 is 51.4 Å². The van der Waals surface area contributed by atoms with Gasteiger partial charge in [-0.15, -0.1) is 6.42 Å². The third-order valence-electron chi connectivity index (χ3n) is 0.586. The number of hydrogen-bond donors (Lipinski definition) is 3. The fourth-order valence-electron chi connectivity index (χ4n) is 0.340. The van der Waals surface area contributed by atoms with E-state index in [1.165, 1.54) is 0 Å². The number of allylic oxidation sites excluding steroid dienone is 4. The molecule has 0 spiro atoms. The van der Waals surface area contributed by atoms with Crippen molar-refractivity contribution in [2.45, 2.75) is 27.2 Å². The van der Waals surface area contributed by atoms with Crippen LogP contribution in [0.1, 0.15) is 27.2 Å². The Kier molecular flexibility index (Phi) is 125. The summed E-state index contributed by atoms with van der Waals surface area (Å²) in [5.74, 6) is -2.50. The molecule has 0 bridgehead atoms. The Bertz CT molecular complexity index is 236. The fourth-order valence-corrected chi connectivity index (χ4v) is 0.340. The van der Waals surface area contributed by atoms with Crippen molar-refractivity contribution in [1.82, 2.24) is 0 Å². The van der Waals surface area contributed by atoms with E-state index in [0.717, 1.165) is 27.2 Å². The van der Waals surface area contributed by atoms with Gasteiger partial charge in [0.05, 0.1) is 0 Å². The van der Waals surface area contributed by atoms with E-state index in [4.69, 9.17) is 29.7 Å². The summed E-state index contributed by atoms with van der Waals surface area (Å²) >= 11 is 0. The van der Waals surface area contributed by atoms with Crippen molar-refractivity contribution >= 4 is 17.9 Å². The summed E-state index contributed by atoms with van der Waals surface area (Å²) in [5, 5.41) is 22.2. The predicted octanol–water partition coefficient (Wildman–Crippen LogP) is 3.83. The van der Waals surface area contributed by atoms with Crippen LogP contribution < -0.4 is 0 Å². The summed E-state index contributed by atoms with van der Waals surface area (Å²) in [7, 11) is 0. The second-order valence-corrected chi connectivity index (χ2v) is 2.56. The first-order valence-electron chi connectivity index (χ1n) is 4.50. The monoisotopic (exact) mass is 368 g/mol. The molecule has 0 aromatic rings. The zero-order valence-electron chi connectivity index (χ0n) is 15.5. The molecule has 0 atom stereocenters. The summed E-state index contributed by atoms with van der Waals surface area (Å²) in [5.41, 5.74) is 0. The first kappa shape index (κ1) is 57.7. The normalized spacial score (nSPS) is 7.09. The summed E-state index contributed by atoms with van der Waals surface area (Å²) < 4.78 is 0. The smallest absolute Gasteiger partial charge is 0.300 e. The summed E-state index contributed by atoms with van der Waals surface area (Å²) in [6.07, 6.45) is 10.0. The second kappa shape index (κ2) is 49.8. The Morgan fingerprint density at radius 2 is 1.00 bits per heavy atom. The minimum absolute atomic E-state index is 0. The van der Waals surface area contributed by atoms with Gasteiger partial charge >= 0.3 is 0 Å². The Hall–Kier alpha value is -1.40. The molecule has 0 radical (unpaired) electrons. The predicted molar refractivity (Wildman–Crippen MR) is 93.6 cm³/mol. The maximum Gasteiger partial charge on any atom is 0.300 e. The van der Waals surface area contributed by atoms with E-state index in [0.29, 0.717) is 0 Å². The topological polar surface area (TPSA) is 112 Å². The molecule has 0 aliphatic heterocycles. The molecule has 142 valence electrons. The molecule has 0 unspecified atom stereocenters. The van der Waals surface area contributed by atoms with Crippen molar-refractivity contribution in [3.63, 3.8) is 0 Å². The molecule has 0 amide bonds. The standard InChI is InChI=1S/C5H5.3C2H4O2.5CH3.Ti/c1-2-4-5-3-1;3*1-2(3)4;;;;;;/h1-3H,4H2;3*1H3,(H,3,4);5*1H3;/q-1;;;;5*-1;. The number of hydrogen-bond acceptors (Lipinski definition) is 3. The van der Waals surface area contributed by atoms with Crippen molar-refractivity contribution in [3.05, 3.63) is 61.4 Å². The molecule has 1 aliphatic carbocycles. The third-order valence-corrected chi connectivity index (χ3v) is 0.586. The quantitative estimate of drug-likeness (QED) is 0.443. The molecular weight excluding hydrogens is 336 g/mol. The molecule has 0 aromatic carbocycles. The average molecular weight is 368 g/mol. The Morgan fingerprint density at radius 3 is 1.04 bits per heavy atom. The molecule has 3 N–H and O–H groups in total. The van der Waals surface area contributed by atoms with Crippen LogP contribution in [0.5, 0.6) is 0 Å². The Labute approximate surface area is 158 Å². The van der Waals surface area contributed by atoms with Gasteiger partial charge < -0.3 is 52.5 Å². The summed E-state index contributed by atoms with van der Waals surface area (Å²) in [6.45, 7) is 3.25. The molecule has 0 saturated heterocycles. The molecule has 6 nitrogen and oxygen atoms in total. The molecule has 1 rings (SSSR count). The van der Waals surface area contributed by atoms with Crippen LogP contribution in [0.3, 0.4) is 0 Å². The van der Waals surface area contributed by atoms with Crippen molar-refractivity contribution in [2.75, 3.05) is 0 Å². The Morgan fingerprint density at radius 1 is 0.783 bits per heavy atom. The molecule has 0 heterocycles. The third kappa shape index (κ3) is 549. The number of carbonyl (C=O) groups is 3. The van der Waals surface area contributed by atoms with Gasteiger partial charge in [0.25, 0.3) is 17.9 Å². The molecule has 0 aromatic heterocycles. The second-order valence-electron chi connectivity index (χ2n) is 2.56. The van der Waals surface area contributed by atoms with Gasteiger partial charge in [-0.05, 0) is 0 Å². The van der Waals surface area contributed by atoms with Crippen LogP contribution in [0.15, 0.2) is 18.2 Å². The Balaban J connectivity index is -0.0000000150. The molecule has 0 saturated carbocycles. The van der Waals surface area contributed by atoms with Gasteiger partial charge in [-0.25, -0.2) is 12.2 Å². The number of carboxylic acids is 3. The van der Waals surface area contributed by atoms with Gasteiger partial charge in [0.1, 0.15) is 0 Å². The van der Waals surface area contributed by atoms with E-state index in [2.05, 4.69) is 12.2 Å². The van der Waals surface area contributed by atoms with Crippen molar-refractivity contribution in [2.24, 2.45) is 0 Å². The van der Waals surface area contributed by atoms with E-state index < -0.39 is 17.9 Å². The van der Waals surface area contributed by atoms with Gasteiger partial charge in [-0.1, -0.05) is 0 Å². The maximum atomic E-state index is 9.00. The van der Waals surface area contributed by atoms with Crippen LogP contribution in [-0.4, -0.2) is 33.2 Å². The number of carboxylic acid groups (broad SMARTS) is 3. The van der Waals surface area contributed by atoms with Crippen LogP contribution in [0.4, 0.5) is 0 Å². The van der Waals surface area contributed by atoms with Crippen LogP contribution >= 0.6 is 0 Å². The van der Waals surface area contributed by atoms with Gasteiger partial charge in [0.2, 0.25) is 0 Å². The van der Waals surface area contributed by atoms with Crippen LogP contribution in [0.2, 0.25) is 0 Å². The minimum Gasteiger partial charge on any atom is -0.481 e. The molecule has 23 heavy (non-hydrogen) atoms. The SMILES string of the molecule is CC(=O)O.CC(=O)O.CC(=O)O.[C-]1=CC=CC1.[CH3-].[CH3-].[CH3-].[CH3-].[CH3-].[Ti]. The number of aliphatic carboxylic acids is 3. The van der Waals surface area contributed by atoms with Crippen LogP contribution in [0, 0.1) is 43.2 Å². The van der Waals surface area contributed by atoms with Crippen molar-refractivity contribution in [1.29, 1.82) is 0 Å². The van der Waals surface area contributed by atoms with E-state index >= 15 is 0 Å². The summed E-state index contributed by atoms with van der Waals surface area (Å²) in [6, 6.07) is 0. The largest absolute Gasteiger partial charge is 0.481 e. The van der Waals surface area contributed by atoms with Gasteiger partial charge in [0.15, 0.2) is 0 Å². The summed E-state index contributed by atoms with van der Waals surface area (Å²) in [4.78, 5) is 27.0. The van der Waals surface area contributed by atoms with Gasteiger partial charge in [-0.2, -0.15) is 6.08 Å². The average Bonchev–Trinajstić information content (AvgIpc) is 2.53. The minimum atomic E-state index is -0.833.